The maximum Gasteiger partial charge on any atom is 0.240 e. The molecule has 31 heavy (non-hydrogen) atoms. The van der Waals surface area contributed by atoms with Crippen molar-refractivity contribution in [1.29, 1.82) is 0 Å². The van der Waals surface area contributed by atoms with E-state index in [1.807, 2.05) is 6.07 Å². The molecule has 0 bridgehead atoms. The number of hydrogen-bond donors (Lipinski definition) is 2. The van der Waals surface area contributed by atoms with Gasteiger partial charge in [0.05, 0.1) is 18.0 Å². The molecule has 2 rings (SSSR count). The number of halogens is 1. The van der Waals surface area contributed by atoms with E-state index in [2.05, 4.69) is 40.7 Å². The van der Waals surface area contributed by atoms with Crippen molar-refractivity contribution >= 4 is 40.0 Å². The van der Waals surface area contributed by atoms with Gasteiger partial charge in [0.1, 0.15) is 0 Å². The predicted octanol–water partition coefficient (Wildman–Crippen LogP) is 2.11. The summed E-state index contributed by atoms with van der Waals surface area (Å²) in [6.07, 6.45) is 2.47. The van der Waals surface area contributed by atoms with Gasteiger partial charge in [0.15, 0.2) is 5.96 Å². The van der Waals surface area contributed by atoms with Crippen LogP contribution in [0.5, 0.6) is 0 Å². The Morgan fingerprint density at radius 2 is 2.13 bits per heavy atom. The number of rotatable bonds is 11. The molecular formula is C21H38IN5O3S. The van der Waals surface area contributed by atoms with E-state index in [9.17, 15) is 8.42 Å². The molecule has 1 aliphatic heterocycles. The molecule has 1 aromatic carbocycles. The smallest absolute Gasteiger partial charge is 0.240 e. The zero-order valence-electron chi connectivity index (χ0n) is 19.1. The summed E-state index contributed by atoms with van der Waals surface area (Å²) in [6, 6.07) is 7.48. The topological polar surface area (TPSA) is 86.3 Å². The van der Waals surface area contributed by atoms with Gasteiger partial charge in [0.25, 0.3) is 0 Å². The number of aliphatic imine (C=N–C) groups is 1. The molecule has 1 unspecified atom stereocenters. The Balaban J connectivity index is 0.00000480. The average Bonchev–Trinajstić information content (AvgIpc) is 3.18. The lowest BCUT2D eigenvalue weighted by Gasteiger charge is -2.29. The van der Waals surface area contributed by atoms with Gasteiger partial charge >= 0.3 is 0 Å². The Morgan fingerprint density at radius 3 is 2.81 bits per heavy atom. The lowest BCUT2D eigenvalue weighted by Crippen LogP contribution is -2.45. The molecular weight excluding hydrogens is 529 g/mol. The van der Waals surface area contributed by atoms with Crippen molar-refractivity contribution in [3.63, 3.8) is 0 Å². The van der Waals surface area contributed by atoms with Gasteiger partial charge in [-0.25, -0.2) is 18.1 Å². The minimum atomic E-state index is -3.55. The van der Waals surface area contributed by atoms with E-state index < -0.39 is 10.0 Å². The number of nitrogens with one attached hydrogen (secondary N) is 2. The van der Waals surface area contributed by atoms with E-state index in [0.29, 0.717) is 19.2 Å². The summed E-state index contributed by atoms with van der Waals surface area (Å²) >= 11 is 0. The molecule has 0 spiro atoms. The second-order valence-corrected chi connectivity index (χ2v) is 9.28. The molecule has 1 heterocycles. The van der Waals surface area contributed by atoms with Crippen LogP contribution >= 0.6 is 24.0 Å². The first kappa shape index (κ1) is 28.1. The number of guanidine groups is 1. The fraction of sp³-hybridized carbons (Fsp3) is 0.667. The van der Waals surface area contributed by atoms with Gasteiger partial charge in [-0.05, 0) is 50.6 Å². The lowest BCUT2D eigenvalue weighted by molar-refractivity contribution is 0.204. The number of sulfonamides is 1. The molecule has 1 saturated heterocycles. The van der Waals surface area contributed by atoms with Crippen LogP contribution in [0, 0.1) is 0 Å². The maximum atomic E-state index is 12.4. The van der Waals surface area contributed by atoms with Crippen molar-refractivity contribution in [3.05, 3.63) is 29.8 Å². The predicted molar refractivity (Wildman–Crippen MR) is 137 cm³/mol. The summed E-state index contributed by atoms with van der Waals surface area (Å²) in [5.74, 6) is 0.840. The number of nitrogens with zero attached hydrogens (tertiary/aromatic N) is 3. The summed E-state index contributed by atoms with van der Waals surface area (Å²) in [5, 5.41) is 3.35. The Morgan fingerprint density at radius 1 is 1.35 bits per heavy atom. The minimum Gasteiger partial charge on any atom is -0.383 e. The SMILES string of the molecule is CCNC(=NCc1cccc(S(=O)(=O)NCCOC)c1)N(C)CC1CCCN1CC.I. The Kier molecular flexibility index (Phi) is 12.9. The van der Waals surface area contributed by atoms with E-state index in [0.717, 1.165) is 31.2 Å². The highest BCUT2D eigenvalue weighted by atomic mass is 127. The number of methoxy groups -OCH3 is 1. The molecule has 2 N–H and O–H groups in total. The third kappa shape index (κ3) is 8.83. The second kappa shape index (κ2) is 14.2. The standard InChI is InChI=1S/C21H37N5O3S.HI/c1-5-22-21(25(3)17-19-10-8-13-26(19)6-2)23-16-18-9-7-11-20(15-18)30(27,28)24-12-14-29-4;/h7,9,11,15,19,24H,5-6,8,10,12-14,16-17H2,1-4H3,(H,22,23);1H. The quantitative estimate of drug-likeness (QED) is 0.185. The fourth-order valence-electron chi connectivity index (χ4n) is 3.73. The number of ether oxygens (including phenoxy) is 1. The summed E-state index contributed by atoms with van der Waals surface area (Å²) in [4.78, 5) is 9.69. The first-order valence-corrected chi connectivity index (χ1v) is 12.2. The van der Waals surface area contributed by atoms with E-state index in [-0.39, 0.29) is 35.4 Å². The van der Waals surface area contributed by atoms with Crippen LogP contribution in [-0.2, 0) is 21.3 Å². The molecule has 1 fully saturated rings. The number of benzene rings is 1. The minimum absolute atomic E-state index is 0. The summed E-state index contributed by atoms with van der Waals surface area (Å²) in [6.45, 7) is 9.20. The zero-order chi connectivity index (χ0) is 22.0. The van der Waals surface area contributed by atoms with Gasteiger partial charge < -0.3 is 15.0 Å². The van der Waals surface area contributed by atoms with Crippen molar-refractivity contribution < 1.29 is 13.2 Å². The van der Waals surface area contributed by atoms with Gasteiger partial charge in [-0.3, -0.25) is 4.90 Å². The van der Waals surface area contributed by atoms with Crippen LogP contribution in [0.15, 0.2) is 34.2 Å². The first-order valence-electron chi connectivity index (χ1n) is 10.7. The van der Waals surface area contributed by atoms with E-state index >= 15 is 0 Å². The number of likely N-dealkylation sites (tertiary alicyclic amines) is 1. The largest absolute Gasteiger partial charge is 0.383 e. The molecule has 178 valence electrons. The highest BCUT2D eigenvalue weighted by molar-refractivity contribution is 14.0. The van der Waals surface area contributed by atoms with Crippen molar-refractivity contribution in [2.75, 3.05) is 53.5 Å². The Hall–Kier alpha value is -0.950. The molecule has 0 radical (unpaired) electrons. The Bertz CT molecular complexity index is 791. The monoisotopic (exact) mass is 567 g/mol. The van der Waals surface area contributed by atoms with Crippen molar-refractivity contribution in [2.45, 2.75) is 44.2 Å². The molecule has 1 aromatic rings. The lowest BCUT2D eigenvalue weighted by atomic mass is 10.2. The van der Waals surface area contributed by atoms with E-state index in [1.54, 1.807) is 25.3 Å². The summed E-state index contributed by atoms with van der Waals surface area (Å²) in [7, 11) is 0.0488. The molecule has 0 aromatic heterocycles. The molecule has 10 heteroatoms. The van der Waals surface area contributed by atoms with Gasteiger partial charge in [0.2, 0.25) is 10.0 Å². The highest BCUT2D eigenvalue weighted by Gasteiger charge is 2.25. The normalized spacial score (nSPS) is 17.4. The summed E-state index contributed by atoms with van der Waals surface area (Å²) in [5.41, 5.74) is 0.851. The molecule has 0 amide bonds. The van der Waals surface area contributed by atoms with Crippen molar-refractivity contribution in [3.8, 4) is 0 Å². The fourth-order valence-corrected chi connectivity index (χ4v) is 4.81. The van der Waals surface area contributed by atoms with Gasteiger partial charge in [-0.1, -0.05) is 19.1 Å². The molecule has 8 nitrogen and oxygen atoms in total. The van der Waals surface area contributed by atoms with Crippen molar-refractivity contribution in [2.24, 2.45) is 4.99 Å². The maximum absolute atomic E-state index is 12.4. The molecule has 1 aliphatic rings. The average molecular weight is 568 g/mol. The molecule has 0 saturated carbocycles. The Labute approximate surface area is 204 Å². The molecule has 1 atom stereocenters. The summed E-state index contributed by atoms with van der Waals surface area (Å²) < 4.78 is 32.3. The third-order valence-electron chi connectivity index (χ3n) is 5.30. The third-order valence-corrected chi connectivity index (χ3v) is 6.76. The number of likely N-dealkylation sites (N-methyl/N-ethyl adjacent to an activating group) is 2. The van der Waals surface area contributed by atoms with Crippen LogP contribution < -0.4 is 10.0 Å². The van der Waals surface area contributed by atoms with Crippen molar-refractivity contribution in [1.82, 2.24) is 19.8 Å². The zero-order valence-corrected chi connectivity index (χ0v) is 22.3. The van der Waals surface area contributed by atoms with Gasteiger partial charge in [-0.2, -0.15) is 0 Å². The van der Waals surface area contributed by atoms with Crippen LogP contribution in [0.3, 0.4) is 0 Å². The van der Waals surface area contributed by atoms with E-state index in [4.69, 9.17) is 9.73 Å². The highest BCUT2D eigenvalue weighted by Crippen LogP contribution is 2.17. The van der Waals surface area contributed by atoms with Crippen LogP contribution in [0.25, 0.3) is 0 Å². The van der Waals surface area contributed by atoms with Gasteiger partial charge in [-0.15, -0.1) is 24.0 Å². The van der Waals surface area contributed by atoms with Gasteiger partial charge in [0, 0.05) is 39.8 Å². The van der Waals surface area contributed by atoms with Crippen LogP contribution in [0.2, 0.25) is 0 Å². The molecule has 0 aliphatic carbocycles. The van der Waals surface area contributed by atoms with Crippen LogP contribution in [-0.4, -0.2) is 83.7 Å². The van der Waals surface area contributed by atoms with Crippen LogP contribution in [0.1, 0.15) is 32.3 Å². The van der Waals surface area contributed by atoms with E-state index in [1.165, 1.54) is 19.4 Å². The van der Waals surface area contributed by atoms with Crippen LogP contribution in [0.4, 0.5) is 0 Å². The first-order chi connectivity index (χ1) is 14.4. The second-order valence-electron chi connectivity index (χ2n) is 7.51. The number of hydrogen-bond acceptors (Lipinski definition) is 5.